The summed E-state index contributed by atoms with van der Waals surface area (Å²) in [5.41, 5.74) is 1.53. The first-order chi connectivity index (χ1) is 12.1. The van der Waals surface area contributed by atoms with Gasteiger partial charge in [0.1, 0.15) is 5.78 Å². The van der Waals surface area contributed by atoms with Crippen LogP contribution in [0.5, 0.6) is 0 Å². The summed E-state index contributed by atoms with van der Waals surface area (Å²) in [7, 11) is 0. The Kier molecular flexibility index (Phi) is 10.7. The number of allylic oxidation sites excluding steroid dienone is 6. The number of Topliss-reactive ketones (excluding diaryl/α,β-unsaturated/α-hetero) is 1. The highest BCUT2D eigenvalue weighted by Crippen LogP contribution is 2.16. The highest BCUT2D eigenvalue weighted by atomic mass is 16.4. The van der Waals surface area contributed by atoms with Gasteiger partial charge < -0.3 is 10.4 Å². The van der Waals surface area contributed by atoms with Crippen molar-refractivity contribution in [2.24, 2.45) is 4.99 Å². The number of aliphatic imine (C=N–C) groups is 1. The summed E-state index contributed by atoms with van der Waals surface area (Å²) in [5, 5.41) is 11.7. The molecule has 5 nitrogen and oxygen atoms in total. The van der Waals surface area contributed by atoms with E-state index in [1.165, 1.54) is 11.6 Å². The van der Waals surface area contributed by atoms with E-state index in [9.17, 15) is 9.59 Å². The molecular formula is C20H28N2O3. The van der Waals surface area contributed by atoms with Crippen molar-refractivity contribution < 1.29 is 14.7 Å². The fourth-order valence-corrected chi connectivity index (χ4v) is 2.29. The van der Waals surface area contributed by atoms with E-state index in [1.54, 1.807) is 25.4 Å². The SMILES string of the molecule is C/C(=C\C=CCN=CNCCCC(=O)CC1=CC=CCCC1)C(=O)O. The summed E-state index contributed by atoms with van der Waals surface area (Å²) in [6.45, 7) is 2.74. The van der Waals surface area contributed by atoms with Gasteiger partial charge in [0, 0.05) is 25.0 Å². The number of hydrogen-bond donors (Lipinski definition) is 2. The maximum atomic E-state index is 12.0. The van der Waals surface area contributed by atoms with Crippen LogP contribution in [0.3, 0.4) is 0 Å². The van der Waals surface area contributed by atoms with E-state index in [1.807, 2.05) is 0 Å². The second-order valence-corrected chi connectivity index (χ2v) is 6.00. The molecule has 0 aromatic rings. The van der Waals surface area contributed by atoms with E-state index in [-0.39, 0.29) is 0 Å². The lowest BCUT2D eigenvalue weighted by Crippen LogP contribution is -2.14. The van der Waals surface area contributed by atoms with Crippen LogP contribution in [0.4, 0.5) is 0 Å². The standard InChI is InChI=1S/C20H28N2O3/c1-17(20(24)25)9-6-7-13-21-16-22-14-8-12-19(23)15-18-10-4-2-3-5-11-18/h2,4,6-7,9-10,16H,3,5,8,11-15H2,1H3,(H,21,22)(H,24,25)/b7-6?,17-9+. The molecule has 25 heavy (non-hydrogen) atoms. The Labute approximate surface area is 149 Å². The molecule has 0 amide bonds. The minimum absolute atomic E-state index is 0.290. The Bertz CT molecular complexity index is 584. The third-order valence-corrected chi connectivity index (χ3v) is 3.75. The molecule has 5 heteroatoms. The summed E-state index contributed by atoms with van der Waals surface area (Å²) in [5.74, 6) is -0.625. The maximum absolute atomic E-state index is 12.0. The van der Waals surface area contributed by atoms with Crippen LogP contribution in [-0.4, -0.2) is 36.3 Å². The summed E-state index contributed by atoms with van der Waals surface area (Å²) < 4.78 is 0. The molecule has 0 unspecified atom stereocenters. The molecule has 2 N–H and O–H groups in total. The van der Waals surface area contributed by atoms with E-state index in [0.717, 1.165) is 32.2 Å². The molecule has 0 radical (unpaired) electrons. The Morgan fingerprint density at radius 1 is 1.40 bits per heavy atom. The highest BCUT2D eigenvalue weighted by Gasteiger charge is 2.06. The number of carbonyl (C=O) groups is 2. The second-order valence-electron chi connectivity index (χ2n) is 6.00. The highest BCUT2D eigenvalue weighted by molar-refractivity contribution is 5.86. The lowest BCUT2D eigenvalue weighted by Gasteiger charge is -2.04. The molecule has 0 fully saturated rings. The lowest BCUT2D eigenvalue weighted by molar-refractivity contribution is -0.132. The van der Waals surface area contributed by atoms with Gasteiger partial charge in [0.05, 0.1) is 12.9 Å². The normalized spacial score (nSPS) is 15.4. The number of carbonyl (C=O) groups excluding carboxylic acids is 1. The minimum Gasteiger partial charge on any atom is -0.478 e. The Morgan fingerprint density at radius 2 is 2.24 bits per heavy atom. The third-order valence-electron chi connectivity index (χ3n) is 3.75. The summed E-state index contributed by atoms with van der Waals surface area (Å²) in [4.78, 5) is 26.7. The molecular weight excluding hydrogens is 316 g/mol. The number of ketones is 1. The van der Waals surface area contributed by atoms with Crippen LogP contribution in [0.15, 0.2) is 52.6 Å². The van der Waals surface area contributed by atoms with Gasteiger partial charge in [-0.3, -0.25) is 9.79 Å². The number of aliphatic carboxylic acids is 1. The zero-order valence-electron chi connectivity index (χ0n) is 14.9. The molecule has 1 aliphatic carbocycles. The average Bonchev–Trinajstić information content (AvgIpc) is 2.84. The summed E-state index contributed by atoms with van der Waals surface area (Å²) in [6, 6.07) is 0. The van der Waals surface area contributed by atoms with Gasteiger partial charge in [0.25, 0.3) is 0 Å². The van der Waals surface area contributed by atoms with Crippen LogP contribution in [0, 0.1) is 0 Å². The van der Waals surface area contributed by atoms with Gasteiger partial charge in [-0.1, -0.05) is 42.0 Å². The van der Waals surface area contributed by atoms with Crippen LogP contribution < -0.4 is 5.32 Å². The monoisotopic (exact) mass is 344 g/mol. The largest absolute Gasteiger partial charge is 0.478 e. The number of nitrogens with zero attached hydrogens (tertiary/aromatic N) is 1. The topological polar surface area (TPSA) is 78.8 Å². The maximum Gasteiger partial charge on any atom is 0.331 e. The zero-order valence-corrected chi connectivity index (χ0v) is 14.9. The minimum atomic E-state index is -0.920. The molecule has 0 saturated carbocycles. The van der Waals surface area contributed by atoms with Crippen molar-refractivity contribution in [3.63, 3.8) is 0 Å². The molecule has 136 valence electrons. The van der Waals surface area contributed by atoms with Crippen molar-refractivity contribution in [1.82, 2.24) is 5.32 Å². The van der Waals surface area contributed by atoms with Crippen LogP contribution in [0.2, 0.25) is 0 Å². The van der Waals surface area contributed by atoms with Crippen molar-refractivity contribution in [1.29, 1.82) is 0 Å². The van der Waals surface area contributed by atoms with Gasteiger partial charge in [-0.25, -0.2) is 4.79 Å². The van der Waals surface area contributed by atoms with Crippen LogP contribution in [0.1, 0.15) is 45.4 Å². The van der Waals surface area contributed by atoms with Gasteiger partial charge in [-0.2, -0.15) is 0 Å². The first kappa shape index (κ1) is 20.6. The van der Waals surface area contributed by atoms with Crippen molar-refractivity contribution in [3.8, 4) is 0 Å². The predicted molar refractivity (Wildman–Crippen MR) is 102 cm³/mol. The second kappa shape index (κ2) is 12.9. The van der Waals surface area contributed by atoms with Gasteiger partial charge in [-0.05, 0) is 32.6 Å². The molecule has 0 aromatic heterocycles. The van der Waals surface area contributed by atoms with Crippen molar-refractivity contribution in [3.05, 3.63) is 47.6 Å². The molecule has 0 spiro atoms. The van der Waals surface area contributed by atoms with Gasteiger partial charge in [0.2, 0.25) is 0 Å². The molecule has 0 aromatic carbocycles. The van der Waals surface area contributed by atoms with Crippen molar-refractivity contribution >= 4 is 18.1 Å². The molecule has 1 rings (SSSR count). The van der Waals surface area contributed by atoms with Crippen LogP contribution in [0.25, 0.3) is 0 Å². The number of hydrogen-bond acceptors (Lipinski definition) is 3. The zero-order chi connectivity index (χ0) is 18.3. The third kappa shape index (κ3) is 10.9. The Hall–Kier alpha value is -2.43. The van der Waals surface area contributed by atoms with E-state index < -0.39 is 5.97 Å². The smallest absolute Gasteiger partial charge is 0.331 e. The molecule has 0 saturated heterocycles. The van der Waals surface area contributed by atoms with E-state index in [0.29, 0.717) is 30.7 Å². The van der Waals surface area contributed by atoms with Crippen LogP contribution >= 0.6 is 0 Å². The van der Waals surface area contributed by atoms with E-state index >= 15 is 0 Å². The van der Waals surface area contributed by atoms with E-state index in [4.69, 9.17) is 5.11 Å². The van der Waals surface area contributed by atoms with Gasteiger partial charge in [0.15, 0.2) is 0 Å². The fourth-order valence-electron chi connectivity index (χ4n) is 2.29. The van der Waals surface area contributed by atoms with Crippen molar-refractivity contribution in [2.75, 3.05) is 13.1 Å². The molecule has 1 aliphatic rings. The number of carboxylic acid groups (broad SMARTS) is 1. The Morgan fingerprint density at radius 3 is 3.04 bits per heavy atom. The average molecular weight is 344 g/mol. The van der Waals surface area contributed by atoms with E-state index in [2.05, 4.69) is 28.5 Å². The summed E-state index contributed by atoms with van der Waals surface area (Å²) >= 11 is 0. The molecule has 0 aliphatic heterocycles. The molecule has 0 heterocycles. The number of nitrogens with one attached hydrogen (secondary N) is 1. The predicted octanol–water partition coefficient (Wildman–Crippen LogP) is 3.60. The van der Waals surface area contributed by atoms with Gasteiger partial charge in [-0.15, -0.1) is 0 Å². The van der Waals surface area contributed by atoms with Gasteiger partial charge >= 0.3 is 5.97 Å². The first-order valence-electron chi connectivity index (χ1n) is 8.74. The first-order valence-corrected chi connectivity index (χ1v) is 8.74. The lowest BCUT2D eigenvalue weighted by atomic mass is 10.0. The molecule has 0 atom stereocenters. The number of rotatable bonds is 11. The quantitative estimate of drug-likeness (QED) is 0.197. The molecule has 0 bridgehead atoms. The fraction of sp³-hybridized carbons (Fsp3) is 0.450. The number of carboxylic acids is 1. The Balaban J connectivity index is 2.07. The van der Waals surface area contributed by atoms with Crippen LogP contribution in [-0.2, 0) is 9.59 Å². The summed E-state index contributed by atoms with van der Waals surface area (Å²) in [6.07, 6.45) is 18.1. The van der Waals surface area contributed by atoms with Crippen molar-refractivity contribution in [2.45, 2.75) is 45.4 Å².